The molecule has 0 unspecified atom stereocenters. The van der Waals surface area contributed by atoms with Crippen LogP contribution in [0.25, 0.3) is 17.1 Å². The van der Waals surface area contributed by atoms with E-state index in [1.165, 1.54) is 0 Å². The fraction of sp³-hybridized carbons (Fsp3) is 0.222. The van der Waals surface area contributed by atoms with Gasteiger partial charge in [-0.05, 0) is 24.3 Å². The predicted octanol–water partition coefficient (Wildman–Crippen LogP) is 2.56. The predicted molar refractivity (Wildman–Crippen MR) is 95.5 cm³/mol. The highest BCUT2D eigenvalue weighted by Crippen LogP contribution is 2.20. The molecule has 0 atom stereocenters. The van der Waals surface area contributed by atoms with Gasteiger partial charge in [0.15, 0.2) is 5.82 Å². The van der Waals surface area contributed by atoms with Gasteiger partial charge in [0.25, 0.3) is 5.89 Å². The van der Waals surface area contributed by atoms with Crippen molar-refractivity contribution in [2.75, 3.05) is 19.1 Å². The third kappa shape index (κ3) is 3.14. The lowest BCUT2D eigenvalue weighted by Crippen LogP contribution is -2.18. The van der Waals surface area contributed by atoms with Crippen LogP contribution in [0.3, 0.4) is 0 Å². The molecule has 132 valence electrons. The highest BCUT2D eigenvalue weighted by molar-refractivity contribution is 5.54. The van der Waals surface area contributed by atoms with Gasteiger partial charge in [0.05, 0.1) is 24.0 Å². The van der Waals surface area contributed by atoms with Gasteiger partial charge in [0, 0.05) is 26.6 Å². The molecule has 0 fully saturated rings. The summed E-state index contributed by atoms with van der Waals surface area (Å²) < 4.78 is 12.3. The van der Waals surface area contributed by atoms with Gasteiger partial charge in [-0.25, -0.2) is 9.97 Å². The van der Waals surface area contributed by atoms with E-state index in [1.54, 1.807) is 13.3 Å². The Bertz CT molecular complexity index is 1010. The van der Waals surface area contributed by atoms with Crippen LogP contribution in [0.2, 0.25) is 0 Å². The van der Waals surface area contributed by atoms with E-state index in [2.05, 4.69) is 29.4 Å². The van der Waals surface area contributed by atoms with Gasteiger partial charge in [-0.1, -0.05) is 11.2 Å². The van der Waals surface area contributed by atoms with Gasteiger partial charge in [0.2, 0.25) is 0 Å². The molecule has 0 bridgehead atoms. The molecule has 4 aromatic heterocycles. The highest BCUT2D eigenvalue weighted by Gasteiger charge is 2.11. The molecule has 0 aliphatic heterocycles. The molecule has 0 aromatic carbocycles. The van der Waals surface area contributed by atoms with E-state index in [1.807, 2.05) is 49.8 Å². The first-order valence-corrected chi connectivity index (χ1v) is 8.14. The summed E-state index contributed by atoms with van der Waals surface area (Å²) in [7, 11) is 3.58. The number of nitrogens with zero attached hydrogens (tertiary/aromatic N) is 6. The minimum absolute atomic E-state index is 0.317. The van der Waals surface area contributed by atoms with Crippen LogP contribution in [-0.2, 0) is 17.9 Å². The monoisotopic (exact) mass is 350 g/mol. The van der Waals surface area contributed by atoms with E-state index < -0.39 is 0 Å². The van der Waals surface area contributed by atoms with Crippen LogP contribution < -0.4 is 4.90 Å². The number of imidazole rings is 1. The van der Waals surface area contributed by atoms with Crippen LogP contribution in [0, 0.1) is 0 Å². The van der Waals surface area contributed by atoms with Crippen LogP contribution in [0.15, 0.2) is 53.4 Å². The summed E-state index contributed by atoms with van der Waals surface area (Å²) in [6.07, 6.45) is 5.62. The third-order valence-electron chi connectivity index (χ3n) is 4.02. The number of rotatable bonds is 6. The molecule has 0 saturated carbocycles. The molecule has 0 saturated heterocycles. The van der Waals surface area contributed by atoms with E-state index >= 15 is 0 Å². The number of hydrogen-bond donors (Lipinski definition) is 0. The third-order valence-corrected chi connectivity index (χ3v) is 4.02. The van der Waals surface area contributed by atoms with Gasteiger partial charge in [-0.2, -0.15) is 4.98 Å². The van der Waals surface area contributed by atoms with E-state index in [0.29, 0.717) is 24.9 Å². The minimum atomic E-state index is 0.317. The number of methoxy groups -OCH3 is 1. The van der Waals surface area contributed by atoms with Crippen molar-refractivity contribution in [1.29, 1.82) is 0 Å². The molecular formula is C18H18N6O2. The Balaban J connectivity index is 1.50. The molecule has 26 heavy (non-hydrogen) atoms. The first-order valence-electron chi connectivity index (χ1n) is 8.14. The summed E-state index contributed by atoms with van der Waals surface area (Å²) in [5.41, 5.74) is 2.80. The molecule has 0 aliphatic carbocycles. The van der Waals surface area contributed by atoms with Crippen molar-refractivity contribution in [3.05, 3.63) is 60.4 Å². The summed E-state index contributed by atoms with van der Waals surface area (Å²) in [6, 6.07) is 9.80. The van der Waals surface area contributed by atoms with Crippen LogP contribution >= 0.6 is 0 Å². The number of pyridine rings is 2. The molecule has 8 nitrogen and oxygen atoms in total. The van der Waals surface area contributed by atoms with Crippen molar-refractivity contribution >= 4 is 11.5 Å². The van der Waals surface area contributed by atoms with Crippen molar-refractivity contribution in [3.63, 3.8) is 0 Å². The second kappa shape index (κ2) is 6.93. The molecule has 0 N–H and O–H groups in total. The van der Waals surface area contributed by atoms with Gasteiger partial charge in [-0.3, -0.25) is 0 Å². The zero-order chi connectivity index (χ0) is 17.9. The summed E-state index contributed by atoms with van der Waals surface area (Å²) in [5.74, 6) is 1.79. The number of ether oxygens (including phenoxy) is 1. The van der Waals surface area contributed by atoms with E-state index in [9.17, 15) is 0 Å². The molecule has 4 heterocycles. The number of anilines is 1. The Kier molecular flexibility index (Phi) is 4.32. The number of fused-ring (bicyclic) bond motifs is 1. The molecular weight excluding hydrogens is 332 g/mol. The minimum Gasteiger partial charge on any atom is -0.377 e. The van der Waals surface area contributed by atoms with Gasteiger partial charge in [-0.15, -0.1) is 0 Å². The van der Waals surface area contributed by atoms with Gasteiger partial charge < -0.3 is 18.6 Å². The largest absolute Gasteiger partial charge is 0.377 e. The lowest BCUT2D eigenvalue weighted by atomic mass is 10.2. The quantitative estimate of drug-likeness (QED) is 0.528. The van der Waals surface area contributed by atoms with Crippen LogP contribution in [0.1, 0.15) is 11.5 Å². The summed E-state index contributed by atoms with van der Waals surface area (Å²) in [5, 5.41) is 3.86. The van der Waals surface area contributed by atoms with E-state index in [0.717, 1.165) is 22.7 Å². The molecule has 0 radical (unpaired) electrons. The zero-order valence-corrected chi connectivity index (χ0v) is 14.5. The first-order chi connectivity index (χ1) is 12.7. The standard InChI is InChI=1S/C18H18N6O2/c1-23(11-14-10-20-17-5-3-4-8-24(14)17)16-7-6-13(9-19-16)18-21-15(12-25-2)22-26-18/h3-10H,11-12H2,1-2H3. The van der Waals surface area contributed by atoms with E-state index in [-0.39, 0.29) is 0 Å². The summed E-state index contributed by atoms with van der Waals surface area (Å²) in [6.45, 7) is 1.01. The molecule has 0 aliphatic rings. The lowest BCUT2D eigenvalue weighted by molar-refractivity contribution is 0.174. The van der Waals surface area contributed by atoms with E-state index in [4.69, 9.17) is 9.26 Å². The Morgan fingerprint density at radius 3 is 2.88 bits per heavy atom. The Morgan fingerprint density at radius 2 is 2.08 bits per heavy atom. The highest BCUT2D eigenvalue weighted by atomic mass is 16.5. The topological polar surface area (TPSA) is 81.6 Å². The fourth-order valence-corrected chi connectivity index (χ4v) is 2.72. The fourth-order valence-electron chi connectivity index (χ4n) is 2.72. The average molecular weight is 350 g/mol. The molecule has 8 heteroatoms. The van der Waals surface area contributed by atoms with Crippen LogP contribution in [0.5, 0.6) is 0 Å². The molecule has 0 amide bonds. The number of hydrogen-bond acceptors (Lipinski definition) is 7. The maximum atomic E-state index is 5.23. The average Bonchev–Trinajstić information content (AvgIpc) is 3.30. The van der Waals surface area contributed by atoms with Crippen molar-refractivity contribution in [2.45, 2.75) is 13.2 Å². The SMILES string of the molecule is COCc1noc(-c2ccc(N(C)Cc3cnc4ccccn34)nc2)n1. The van der Waals surface area contributed by atoms with Crippen molar-refractivity contribution < 1.29 is 9.26 Å². The lowest BCUT2D eigenvalue weighted by Gasteiger charge is -2.17. The number of aromatic nitrogens is 5. The van der Waals surface area contributed by atoms with Crippen molar-refractivity contribution in [2.24, 2.45) is 0 Å². The Labute approximate surface area is 150 Å². The molecule has 4 aromatic rings. The Hall–Kier alpha value is -3.26. The smallest absolute Gasteiger partial charge is 0.259 e. The van der Waals surface area contributed by atoms with Crippen molar-refractivity contribution in [1.82, 2.24) is 24.5 Å². The van der Waals surface area contributed by atoms with Crippen LogP contribution in [-0.4, -0.2) is 38.7 Å². The van der Waals surface area contributed by atoms with Gasteiger partial charge in [0.1, 0.15) is 18.1 Å². The summed E-state index contributed by atoms with van der Waals surface area (Å²) >= 11 is 0. The van der Waals surface area contributed by atoms with Crippen LogP contribution in [0.4, 0.5) is 5.82 Å². The molecule has 4 rings (SSSR count). The normalized spacial score (nSPS) is 11.2. The first kappa shape index (κ1) is 16.2. The Morgan fingerprint density at radius 1 is 1.15 bits per heavy atom. The maximum Gasteiger partial charge on any atom is 0.259 e. The maximum absolute atomic E-state index is 5.23. The second-order valence-corrected chi connectivity index (χ2v) is 5.89. The summed E-state index contributed by atoms with van der Waals surface area (Å²) in [4.78, 5) is 15.3. The van der Waals surface area contributed by atoms with Crippen molar-refractivity contribution in [3.8, 4) is 11.5 Å². The molecule has 0 spiro atoms. The second-order valence-electron chi connectivity index (χ2n) is 5.89. The zero-order valence-electron chi connectivity index (χ0n) is 14.5. The van der Waals surface area contributed by atoms with Gasteiger partial charge >= 0.3 is 0 Å².